The monoisotopic (exact) mass is 395 g/mol. The summed E-state index contributed by atoms with van der Waals surface area (Å²) < 4.78 is 5.45. The van der Waals surface area contributed by atoms with Crippen molar-refractivity contribution in [1.82, 2.24) is 9.97 Å². The van der Waals surface area contributed by atoms with Gasteiger partial charge < -0.3 is 15.4 Å². The Morgan fingerprint density at radius 1 is 1.17 bits per heavy atom. The van der Waals surface area contributed by atoms with Crippen molar-refractivity contribution in [3.63, 3.8) is 0 Å². The molecule has 2 aliphatic rings. The van der Waals surface area contributed by atoms with Crippen molar-refractivity contribution in [2.75, 3.05) is 22.1 Å². The first-order valence-corrected chi connectivity index (χ1v) is 9.88. The second-order valence-corrected chi connectivity index (χ2v) is 7.90. The molecule has 1 atom stereocenters. The average Bonchev–Trinajstić information content (AvgIpc) is 3.52. The van der Waals surface area contributed by atoms with E-state index in [-0.39, 0.29) is 24.0 Å². The second kappa shape index (κ2) is 7.35. The maximum atomic E-state index is 12.9. The molecule has 1 aliphatic carbocycles. The number of carbonyl (C=O) groups excluding carboxylic acids is 2. The maximum Gasteiger partial charge on any atom is 0.414 e. The molecule has 2 heterocycles. The Kier molecular flexibility index (Phi) is 4.86. The SMILES string of the molecule is CC(C)OC(=O)N1C[C@H](C)N(C(=O)C2CC2)c2ccc(-c3cnc(N)cn3)cc21. The van der Waals surface area contributed by atoms with Gasteiger partial charge in [-0.1, -0.05) is 6.07 Å². The zero-order valence-electron chi connectivity index (χ0n) is 16.8. The first kappa shape index (κ1) is 19.2. The average molecular weight is 395 g/mol. The number of hydrogen-bond acceptors (Lipinski definition) is 6. The lowest BCUT2D eigenvalue weighted by atomic mass is 10.0. The Morgan fingerprint density at radius 2 is 1.93 bits per heavy atom. The fourth-order valence-electron chi connectivity index (χ4n) is 3.57. The minimum absolute atomic E-state index is 0.0853. The number of amides is 2. The van der Waals surface area contributed by atoms with Crippen LogP contribution in [0.1, 0.15) is 33.6 Å². The highest BCUT2D eigenvalue weighted by Crippen LogP contribution is 2.42. The lowest BCUT2D eigenvalue weighted by Crippen LogP contribution is -2.52. The molecule has 8 heteroatoms. The van der Waals surface area contributed by atoms with Crippen LogP contribution in [-0.4, -0.2) is 40.7 Å². The topological polar surface area (TPSA) is 102 Å². The highest BCUT2D eigenvalue weighted by molar-refractivity contribution is 6.05. The first-order valence-electron chi connectivity index (χ1n) is 9.88. The minimum Gasteiger partial charge on any atom is -0.446 e. The largest absolute Gasteiger partial charge is 0.446 e. The van der Waals surface area contributed by atoms with Crippen molar-refractivity contribution in [3.05, 3.63) is 30.6 Å². The van der Waals surface area contributed by atoms with Crippen LogP contribution in [0.3, 0.4) is 0 Å². The van der Waals surface area contributed by atoms with E-state index >= 15 is 0 Å². The molecule has 1 aromatic carbocycles. The molecule has 8 nitrogen and oxygen atoms in total. The summed E-state index contributed by atoms with van der Waals surface area (Å²) in [5, 5.41) is 0. The molecule has 0 radical (unpaired) electrons. The standard InChI is InChI=1S/C21H25N5O3/c1-12(2)29-21(28)25-11-13(3)26(20(27)14-4-5-14)17-7-6-15(8-18(17)25)16-9-24-19(22)10-23-16/h6-10,12-14H,4-5,11H2,1-3H3,(H2,22,24)/t13-/m0/s1. The van der Waals surface area contributed by atoms with Crippen LogP contribution >= 0.6 is 0 Å². The molecule has 1 saturated carbocycles. The van der Waals surface area contributed by atoms with Gasteiger partial charge in [-0.25, -0.2) is 9.78 Å². The number of ether oxygens (including phenoxy) is 1. The quantitative estimate of drug-likeness (QED) is 0.856. The number of hydrogen-bond donors (Lipinski definition) is 1. The van der Waals surface area contributed by atoms with Gasteiger partial charge in [-0.3, -0.25) is 14.7 Å². The van der Waals surface area contributed by atoms with Crippen LogP contribution in [0.4, 0.5) is 22.0 Å². The highest BCUT2D eigenvalue weighted by atomic mass is 16.6. The van der Waals surface area contributed by atoms with Crippen LogP contribution in [-0.2, 0) is 9.53 Å². The molecule has 4 rings (SSSR count). The second-order valence-electron chi connectivity index (χ2n) is 7.90. The van der Waals surface area contributed by atoms with Gasteiger partial charge in [0, 0.05) is 18.0 Å². The van der Waals surface area contributed by atoms with Crippen LogP contribution in [0.5, 0.6) is 0 Å². The van der Waals surface area contributed by atoms with Crippen LogP contribution < -0.4 is 15.5 Å². The number of anilines is 3. The third-order valence-corrected chi connectivity index (χ3v) is 5.10. The molecule has 29 heavy (non-hydrogen) atoms. The maximum absolute atomic E-state index is 12.9. The summed E-state index contributed by atoms with van der Waals surface area (Å²) in [6, 6.07) is 5.47. The van der Waals surface area contributed by atoms with Gasteiger partial charge >= 0.3 is 6.09 Å². The lowest BCUT2D eigenvalue weighted by molar-refractivity contribution is -0.120. The van der Waals surface area contributed by atoms with E-state index in [0.717, 1.165) is 18.4 Å². The van der Waals surface area contributed by atoms with E-state index < -0.39 is 6.09 Å². The van der Waals surface area contributed by atoms with Crippen molar-refractivity contribution in [2.24, 2.45) is 5.92 Å². The molecule has 0 bridgehead atoms. The molecule has 0 unspecified atom stereocenters. The molecular weight excluding hydrogens is 370 g/mol. The summed E-state index contributed by atoms with van der Waals surface area (Å²) >= 11 is 0. The molecule has 1 aliphatic heterocycles. The molecule has 1 aromatic heterocycles. The predicted molar refractivity (Wildman–Crippen MR) is 111 cm³/mol. The van der Waals surface area contributed by atoms with Crippen molar-refractivity contribution >= 4 is 29.2 Å². The van der Waals surface area contributed by atoms with E-state index in [2.05, 4.69) is 9.97 Å². The van der Waals surface area contributed by atoms with Crippen LogP contribution in [0.2, 0.25) is 0 Å². The Labute approximate surface area is 169 Å². The van der Waals surface area contributed by atoms with Gasteiger partial charge in [-0.2, -0.15) is 0 Å². The van der Waals surface area contributed by atoms with E-state index in [9.17, 15) is 9.59 Å². The van der Waals surface area contributed by atoms with Gasteiger partial charge in [0.1, 0.15) is 5.82 Å². The van der Waals surface area contributed by atoms with Gasteiger partial charge in [0.15, 0.2) is 0 Å². The van der Waals surface area contributed by atoms with Crippen molar-refractivity contribution in [1.29, 1.82) is 0 Å². The number of nitrogens with zero attached hydrogens (tertiary/aromatic N) is 4. The normalized spacial score (nSPS) is 18.6. The van der Waals surface area contributed by atoms with Crippen molar-refractivity contribution in [2.45, 2.75) is 45.8 Å². The summed E-state index contributed by atoms with van der Waals surface area (Å²) in [5.74, 6) is 0.543. The highest BCUT2D eigenvalue weighted by Gasteiger charge is 2.41. The van der Waals surface area contributed by atoms with Gasteiger partial charge in [0.25, 0.3) is 0 Å². The van der Waals surface area contributed by atoms with Gasteiger partial charge in [0.2, 0.25) is 5.91 Å². The predicted octanol–water partition coefficient (Wildman–Crippen LogP) is 3.22. The van der Waals surface area contributed by atoms with Crippen LogP contribution in [0, 0.1) is 5.92 Å². The zero-order valence-corrected chi connectivity index (χ0v) is 16.8. The Bertz CT molecular complexity index is 940. The molecule has 2 amide bonds. The number of carbonyl (C=O) groups is 2. The number of fused-ring (bicyclic) bond motifs is 1. The Balaban J connectivity index is 1.78. The van der Waals surface area contributed by atoms with Crippen LogP contribution in [0.15, 0.2) is 30.6 Å². The fraction of sp³-hybridized carbons (Fsp3) is 0.429. The molecule has 2 aromatic rings. The fourth-order valence-corrected chi connectivity index (χ4v) is 3.57. The van der Waals surface area contributed by atoms with E-state index in [1.54, 1.807) is 11.1 Å². The van der Waals surface area contributed by atoms with E-state index in [0.29, 0.717) is 29.4 Å². The summed E-state index contributed by atoms with van der Waals surface area (Å²) in [6.07, 6.45) is 4.27. The smallest absolute Gasteiger partial charge is 0.414 e. The number of benzene rings is 1. The van der Waals surface area contributed by atoms with Gasteiger partial charge in [0.05, 0.1) is 41.6 Å². The molecule has 0 spiro atoms. The number of nitrogens with two attached hydrogens (primary N) is 1. The Hall–Kier alpha value is -3.16. The minimum atomic E-state index is -0.424. The van der Waals surface area contributed by atoms with E-state index in [1.165, 1.54) is 6.20 Å². The zero-order chi connectivity index (χ0) is 20.7. The third-order valence-electron chi connectivity index (χ3n) is 5.10. The van der Waals surface area contributed by atoms with Crippen molar-refractivity contribution < 1.29 is 14.3 Å². The third kappa shape index (κ3) is 3.74. The summed E-state index contributed by atoms with van der Waals surface area (Å²) in [7, 11) is 0. The molecule has 1 fully saturated rings. The van der Waals surface area contributed by atoms with E-state index in [4.69, 9.17) is 10.5 Å². The van der Waals surface area contributed by atoms with Gasteiger partial charge in [-0.15, -0.1) is 0 Å². The molecule has 0 saturated heterocycles. The number of rotatable bonds is 3. The van der Waals surface area contributed by atoms with Gasteiger partial charge in [-0.05, 0) is 45.7 Å². The number of nitrogen functional groups attached to an aromatic ring is 1. The number of aromatic nitrogens is 2. The molecule has 2 N–H and O–H groups in total. The molecular formula is C21H25N5O3. The van der Waals surface area contributed by atoms with Crippen molar-refractivity contribution in [3.8, 4) is 11.3 Å². The van der Waals surface area contributed by atoms with Crippen LogP contribution in [0.25, 0.3) is 11.3 Å². The summed E-state index contributed by atoms with van der Waals surface area (Å²) in [6.45, 7) is 5.96. The summed E-state index contributed by atoms with van der Waals surface area (Å²) in [5.41, 5.74) is 8.41. The molecule has 152 valence electrons. The first-order chi connectivity index (χ1) is 13.8. The van der Waals surface area contributed by atoms with E-state index in [1.807, 2.05) is 43.9 Å². The lowest BCUT2D eigenvalue weighted by Gasteiger charge is -2.41. The summed E-state index contributed by atoms with van der Waals surface area (Å²) in [4.78, 5) is 37.6. The Morgan fingerprint density at radius 3 is 2.55 bits per heavy atom.